The van der Waals surface area contributed by atoms with E-state index in [4.69, 9.17) is 4.74 Å². The molecule has 1 aliphatic heterocycles. The van der Waals surface area contributed by atoms with Crippen LogP contribution in [0.15, 0.2) is 52.7 Å². The number of carbonyl (C=O) groups is 2. The van der Waals surface area contributed by atoms with Crippen molar-refractivity contribution in [3.05, 3.63) is 76.0 Å². The quantitative estimate of drug-likeness (QED) is 0.164. The van der Waals surface area contributed by atoms with Gasteiger partial charge < -0.3 is 10.1 Å². The number of nitrogens with zero attached hydrogens (tertiary/aromatic N) is 2. The molecule has 1 saturated heterocycles. The van der Waals surface area contributed by atoms with E-state index in [2.05, 4.69) is 10.3 Å². The van der Waals surface area contributed by atoms with Crippen molar-refractivity contribution in [3.8, 4) is 0 Å². The summed E-state index contributed by atoms with van der Waals surface area (Å²) in [6, 6.07) is 4.21. The number of esters is 1. The van der Waals surface area contributed by atoms with Crippen LogP contribution in [-0.4, -0.2) is 68.3 Å². The lowest BCUT2D eigenvalue weighted by molar-refractivity contribution is -0.348. The van der Waals surface area contributed by atoms with Crippen molar-refractivity contribution in [1.82, 2.24) is 9.88 Å². The molecule has 1 N–H and O–H groups in total. The summed E-state index contributed by atoms with van der Waals surface area (Å²) in [5.41, 5.74) is -7.48. The number of benzene rings is 2. The SMILES string of the molecule is CCOC(=O)Cc1csc(NC(=O)CN2CC[C@@]3(S(=O)(=O)c4ccc(F)cc4)c4ccc(C(F)(C(F)(F)F)C(F)(F)F)cc4CC[C@@H]23)n1. The van der Waals surface area contributed by atoms with Crippen LogP contribution in [0.25, 0.3) is 0 Å². The molecule has 0 spiro atoms. The van der Waals surface area contributed by atoms with Crippen molar-refractivity contribution in [2.24, 2.45) is 0 Å². The van der Waals surface area contributed by atoms with E-state index in [0.29, 0.717) is 11.8 Å². The summed E-state index contributed by atoms with van der Waals surface area (Å²) in [5.74, 6) is -1.89. The molecule has 1 amide bonds. The maximum Gasteiger partial charge on any atom is 0.435 e. The molecule has 0 unspecified atom stereocenters. The number of hydrogen-bond acceptors (Lipinski definition) is 8. The highest BCUT2D eigenvalue weighted by molar-refractivity contribution is 7.92. The van der Waals surface area contributed by atoms with Gasteiger partial charge in [-0.3, -0.25) is 14.5 Å². The summed E-state index contributed by atoms with van der Waals surface area (Å²) in [6.45, 7) is 1.40. The first kappa shape index (κ1) is 35.7. The van der Waals surface area contributed by atoms with E-state index in [9.17, 15) is 48.7 Å². The second-order valence-corrected chi connectivity index (χ2v) is 14.4. The summed E-state index contributed by atoms with van der Waals surface area (Å²) in [5, 5.41) is 4.27. The predicted octanol–water partition coefficient (Wildman–Crippen LogP) is 6.01. The number of likely N-dealkylation sites (tertiary alicyclic amines) is 1. The van der Waals surface area contributed by atoms with Crippen LogP contribution in [0.4, 0.5) is 40.3 Å². The second-order valence-electron chi connectivity index (χ2n) is 11.3. The topological polar surface area (TPSA) is 106 Å². The molecule has 18 heteroatoms. The number of alkyl halides is 7. The summed E-state index contributed by atoms with van der Waals surface area (Å²) in [7, 11) is -4.57. The van der Waals surface area contributed by atoms with E-state index < -0.39 is 61.9 Å². The number of fused-ring (bicyclic) bond motifs is 3. The molecule has 2 heterocycles. The Morgan fingerprint density at radius 2 is 1.73 bits per heavy atom. The highest BCUT2D eigenvalue weighted by Gasteiger charge is 2.73. The van der Waals surface area contributed by atoms with E-state index in [1.807, 2.05) is 0 Å². The summed E-state index contributed by atoms with van der Waals surface area (Å²) in [6.07, 6.45) is -13.5. The first-order valence-corrected chi connectivity index (χ1v) is 16.8. The first-order chi connectivity index (χ1) is 22.3. The number of aryl methyl sites for hydroxylation is 1. The van der Waals surface area contributed by atoms with Gasteiger partial charge in [-0.25, -0.2) is 22.2 Å². The Hall–Kier alpha value is -3.64. The number of nitrogens with one attached hydrogen (secondary N) is 1. The molecule has 1 aliphatic carbocycles. The Labute approximate surface area is 273 Å². The number of thiazole rings is 1. The largest absolute Gasteiger partial charge is 0.466 e. The predicted molar refractivity (Wildman–Crippen MR) is 156 cm³/mol. The normalized spacial score (nSPS) is 20.2. The highest BCUT2D eigenvalue weighted by Crippen LogP contribution is 2.56. The van der Waals surface area contributed by atoms with Gasteiger partial charge in [-0.2, -0.15) is 26.3 Å². The van der Waals surface area contributed by atoms with Crippen molar-refractivity contribution < 1.29 is 57.9 Å². The number of carbonyl (C=O) groups excluding carboxylic acids is 2. The molecule has 260 valence electrons. The number of rotatable bonds is 9. The molecule has 0 radical (unpaired) electrons. The number of sulfone groups is 1. The molecule has 2 aromatic carbocycles. The van der Waals surface area contributed by atoms with Gasteiger partial charge >= 0.3 is 24.0 Å². The van der Waals surface area contributed by atoms with E-state index >= 15 is 4.39 Å². The number of amides is 1. The molecular formula is C30H27F8N3O5S2. The average Bonchev–Trinajstić information content (AvgIpc) is 3.60. The monoisotopic (exact) mass is 725 g/mol. The van der Waals surface area contributed by atoms with Crippen molar-refractivity contribution in [1.29, 1.82) is 0 Å². The van der Waals surface area contributed by atoms with E-state index in [1.54, 1.807) is 12.3 Å². The molecule has 2 aliphatic rings. The maximum absolute atomic E-state index is 15.0. The average molecular weight is 726 g/mol. The molecule has 2 atom stereocenters. The van der Waals surface area contributed by atoms with Crippen LogP contribution < -0.4 is 5.32 Å². The lowest BCUT2D eigenvalue weighted by atomic mass is 9.77. The van der Waals surface area contributed by atoms with Crippen LogP contribution in [0.2, 0.25) is 0 Å². The standard InChI is InChI=1S/C30H27F8N3O5S2/c1-2-46-25(43)14-20-16-47-26(39-20)40-24(42)15-41-12-11-27(48(44,45)21-7-5-19(31)6-8-21)22-9-4-18(13-17(22)3-10-23(27)41)28(32,29(33,34)35)30(36,37)38/h4-9,13,16,23H,2-3,10-12,14-15H2,1H3,(H,39,40,42)/t23-,27-/m1/s1. The zero-order chi connectivity index (χ0) is 35.3. The molecule has 0 bridgehead atoms. The van der Waals surface area contributed by atoms with Gasteiger partial charge in [-0.15, -0.1) is 11.3 Å². The van der Waals surface area contributed by atoms with Gasteiger partial charge in [0.15, 0.2) is 15.0 Å². The Kier molecular flexibility index (Phi) is 9.41. The maximum atomic E-state index is 15.0. The molecule has 0 saturated carbocycles. The smallest absolute Gasteiger partial charge is 0.435 e. The zero-order valence-corrected chi connectivity index (χ0v) is 26.6. The third kappa shape index (κ3) is 6.06. The zero-order valence-electron chi connectivity index (χ0n) is 24.9. The summed E-state index contributed by atoms with van der Waals surface area (Å²) in [4.78, 5) is 30.2. The number of ether oxygens (including phenoxy) is 1. The molecular weight excluding hydrogens is 698 g/mol. The third-order valence-electron chi connectivity index (χ3n) is 8.56. The molecule has 5 rings (SSSR count). The van der Waals surface area contributed by atoms with Crippen molar-refractivity contribution >= 4 is 38.2 Å². The summed E-state index contributed by atoms with van der Waals surface area (Å²) >= 11 is 1.03. The van der Waals surface area contributed by atoms with Crippen LogP contribution >= 0.6 is 11.3 Å². The molecule has 48 heavy (non-hydrogen) atoms. The Bertz CT molecular complexity index is 1800. The lowest BCUT2D eigenvalue weighted by Crippen LogP contribution is -2.53. The van der Waals surface area contributed by atoms with Crippen LogP contribution in [0.1, 0.15) is 42.1 Å². The van der Waals surface area contributed by atoms with E-state index in [0.717, 1.165) is 41.7 Å². The fourth-order valence-corrected chi connectivity index (χ4v) is 9.60. The van der Waals surface area contributed by atoms with Gasteiger partial charge in [0.1, 0.15) is 10.6 Å². The van der Waals surface area contributed by atoms with Crippen LogP contribution in [0.3, 0.4) is 0 Å². The molecule has 3 aromatic rings. The van der Waals surface area contributed by atoms with E-state index in [1.165, 1.54) is 4.90 Å². The summed E-state index contributed by atoms with van der Waals surface area (Å²) < 4.78 is 142. The Morgan fingerprint density at radius 1 is 1.06 bits per heavy atom. The molecule has 8 nitrogen and oxygen atoms in total. The van der Waals surface area contributed by atoms with Gasteiger partial charge in [-0.05, 0) is 61.6 Å². The highest BCUT2D eigenvalue weighted by atomic mass is 32.2. The third-order valence-corrected chi connectivity index (χ3v) is 11.9. The molecule has 1 fully saturated rings. The Balaban J connectivity index is 1.51. The van der Waals surface area contributed by atoms with Crippen LogP contribution in [0.5, 0.6) is 0 Å². The van der Waals surface area contributed by atoms with E-state index in [-0.39, 0.29) is 72.6 Å². The van der Waals surface area contributed by atoms with Crippen LogP contribution in [0, 0.1) is 5.82 Å². The lowest BCUT2D eigenvalue weighted by Gasteiger charge is -2.43. The van der Waals surface area contributed by atoms with Gasteiger partial charge in [0.05, 0.1) is 30.2 Å². The first-order valence-electron chi connectivity index (χ1n) is 14.5. The van der Waals surface area contributed by atoms with Crippen molar-refractivity contribution in [3.63, 3.8) is 0 Å². The fraction of sp³-hybridized carbons (Fsp3) is 0.433. The number of anilines is 1. The Morgan fingerprint density at radius 3 is 2.35 bits per heavy atom. The minimum atomic E-state index is -6.37. The minimum absolute atomic E-state index is 0.0379. The number of halogens is 8. The minimum Gasteiger partial charge on any atom is -0.466 e. The van der Waals surface area contributed by atoms with Crippen LogP contribution in [-0.2, 0) is 47.4 Å². The van der Waals surface area contributed by atoms with Gasteiger partial charge in [0, 0.05) is 23.5 Å². The van der Waals surface area contributed by atoms with Gasteiger partial charge in [0.25, 0.3) is 0 Å². The number of aromatic nitrogens is 1. The van der Waals surface area contributed by atoms with Gasteiger partial charge in [0.2, 0.25) is 5.91 Å². The second kappa shape index (κ2) is 12.7. The molecule has 1 aromatic heterocycles. The fourth-order valence-electron chi connectivity index (χ4n) is 6.49. The van der Waals surface area contributed by atoms with Crippen molar-refractivity contribution in [2.75, 3.05) is 25.0 Å². The van der Waals surface area contributed by atoms with Gasteiger partial charge in [-0.1, -0.05) is 18.2 Å². The van der Waals surface area contributed by atoms with Crippen molar-refractivity contribution in [2.45, 2.75) is 66.3 Å². The number of hydrogen-bond donors (Lipinski definition) is 1.